The molecule has 1 aromatic carbocycles. The maximum atomic E-state index is 11.9. The molecule has 0 aliphatic heterocycles. The molecule has 0 aliphatic rings. The Hall–Kier alpha value is -2.16. The number of hydrogen-bond acceptors (Lipinski definition) is 6. The summed E-state index contributed by atoms with van der Waals surface area (Å²) in [7, 11) is 0. The van der Waals surface area contributed by atoms with Crippen LogP contribution in [0.3, 0.4) is 0 Å². The van der Waals surface area contributed by atoms with Crippen LogP contribution in [0.5, 0.6) is 0 Å². The van der Waals surface area contributed by atoms with E-state index in [1.165, 1.54) is 33.6 Å². The average molecular weight is 361 g/mol. The molecule has 1 N–H and O–H groups in total. The fourth-order valence-electron chi connectivity index (χ4n) is 2.01. The number of carbonyl (C=O) groups is 1. The number of benzene rings is 1. The second-order valence-corrected chi connectivity index (χ2v) is 6.79. The van der Waals surface area contributed by atoms with E-state index in [2.05, 4.69) is 10.5 Å². The highest BCUT2D eigenvalue weighted by Crippen LogP contribution is 2.12. The number of hydrogen-bond donors (Lipinski definition) is 1. The molecule has 3 rings (SSSR count). The van der Waals surface area contributed by atoms with Gasteiger partial charge in [-0.1, -0.05) is 30.3 Å². The first-order chi connectivity index (χ1) is 11.7. The number of aromatic nitrogens is 2. The Morgan fingerprint density at radius 2 is 2.17 bits per heavy atom. The average Bonchev–Trinajstić information content (AvgIpc) is 3.05. The van der Waals surface area contributed by atoms with Crippen molar-refractivity contribution >= 4 is 34.0 Å². The van der Waals surface area contributed by atoms with Crippen LogP contribution >= 0.6 is 23.1 Å². The van der Waals surface area contributed by atoms with Gasteiger partial charge in [0.25, 0.3) is 11.5 Å². The molecule has 0 saturated carbocycles. The predicted molar refractivity (Wildman–Crippen MR) is 94.9 cm³/mol. The van der Waals surface area contributed by atoms with E-state index in [0.717, 1.165) is 5.56 Å². The van der Waals surface area contributed by atoms with Gasteiger partial charge >= 0.3 is 0 Å². The molecule has 0 saturated heterocycles. The molecule has 0 spiro atoms. The topological polar surface area (TPSA) is 72.7 Å². The van der Waals surface area contributed by atoms with E-state index in [1.54, 1.807) is 6.20 Å². The van der Waals surface area contributed by atoms with Crippen molar-refractivity contribution in [1.82, 2.24) is 14.9 Å². The summed E-state index contributed by atoms with van der Waals surface area (Å²) in [6.45, 7) is 0.324. The van der Waals surface area contributed by atoms with Crippen molar-refractivity contribution in [3.8, 4) is 0 Å². The lowest BCUT2D eigenvalue weighted by Crippen LogP contribution is -2.25. The number of thioether (sulfide) groups is 1. The molecule has 0 fully saturated rings. The summed E-state index contributed by atoms with van der Waals surface area (Å²) in [6.07, 6.45) is 1.70. The number of nitrogens with one attached hydrogen (secondary N) is 1. The van der Waals surface area contributed by atoms with Crippen molar-refractivity contribution in [2.24, 2.45) is 0 Å². The maximum absolute atomic E-state index is 11.9. The second kappa shape index (κ2) is 8.09. The number of amides is 1. The minimum Gasteiger partial charge on any atom is -0.272 e. The van der Waals surface area contributed by atoms with Crippen molar-refractivity contribution in [3.63, 3.8) is 0 Å². The summed E-state index contributed by atoms with van der Waals surface area (Å²) < 4.78 is 1.50. The second-order valence-electron chi connectivity index (χ2n) is 4.93. The van der Waals surface area contributed by atoms with E-state index in [1.807, 2.05) is 35.7 Å². The minimum absolute atomic E-state index is 0.104. The first kappa shape index (κ1) is 16.7. The molecule has 2 aromatic heterocycles. The molecule has 6 nitrogen and oxygen atoms in total. The van der Waals surface area contributed by atoms with Gasteiger partial charge < -0.3 is 0 Å². The standard InChI is InChI=1S/C16H15N3O3S2/c20-14(18-22-9-12-4-2-1-3-5-12)11-23-10-13-8-15(21)19-6-7-24-16(19)17-13/h1-8H,9-11H2,(H,18,20). The predicted octanol–water partition coefficient (Wildman–Crippen LogP) is 2.24. The first-order valence-corrected chi connectivity index (χ1v) is 9.24. The Morgan fingerprint density at radius 1 is 1.33 bits per heavy atom. The van der Waals surface area contributed by atoms with Gasteiger partial charge in [0.15, 0.2) is 4.96 Å². The number of hydroxylamine groups is 1. The van der Waals surface area contributed by atoms with Crippen molar-refractivity contribution < 1.29 is 9.63 Å². The van der Waals surface area contributed by atoms with Crippen LogP contribution in [0.1, 0.15) is 11.3 Å². The van der Waals surface area contributed by atoms with Gasteiger partial charge in [-0.25, -0.2) is 10.5 Å². The summed E-state index contributed by atoms with van der Waals surface area (Å²) in [6, 6.07) is 11.1. The highest BCUT2D eigenvalue weighted by molar-refractivity contribution is 7.99. The summed E-state index contributed by atoms with van der Waals surface area (Å²) >= 11 is 2.79. The molecule has 8 heteroatoms. The molecular weight excluding hydrogens is 346 g/mol. The van der Waals surface area contributed by atoms with Crippen LogP contribution in [0.4, 0.5) is 0 Å². The summed E-state index contributed by atoms with van der Waals surface area (Å²) in [4.78, 5) is 33.8. The van der Waals surface area contributed by atoms with E-state index < -0.39 is 0 Å². The number of nitrogens with zero attached hydrogens (tertiary/aromatic N) is 2. The van der Waals surface area contributed by atoms with Crippen molar-refractivity contribution in [1.29, 1.82) is 0 Å². The third-order valence-electron chi connectivity index (χ3n) is 3.11. The monoisotopic (exact) mass is 361 g/mol. The highest BCUT2D eigenvalue weighted by Gasteiger charge is 2.06. The van der Waals surface area contributed by atoms with Gasteiger partial charge in [0.2, 0.25) is 0 Å². The van der Waals surface area contributed by atoms with Crippen LogP contribution in [0, 0.1) is 0 Å². The highest BCUT2D eigenvalue weighted by atomic mass is 32.2. The summed E-state index contributed by atoms with van der Waals surface area (Å²) in [5.41, 5.74) is 3.96. The van der Waals surface area contributed by atoms with Crippen LogP contribution in [-0.2, 0) is 22.0 Å². The van der Waals surface area contributed by atoms with Gasteiger partial charge in [0, 0.05) is 23.4 Å². The summed E-state index contributed by atoms with van der Waals surface area (Å²) in [5.74, 6) is 0.514. The Labute approximate surface area is 146 Å². The largest absolute Gasteiger partial charge is 0.272 e. The van der Waals surface area contributed by atoms with Gasteiger partial charge in [-0.05, 0) is 5.56 Å². The Morgan fingerprint density at radius 3 is 3.00 bits per heavy atom. The van der Waals surface area contributed by atoms with Gasteiger partial charge in [-0.15, -0.1) is 23.1 Å². The van der Waals surface area contributed by atoms with Gasteiger partial charge in [0.1, 0.15) is 0 Å². The van der Waals surface area contributed by atoms with Gasteiger partial charge in [0.05, 0.1) is 18.1 Å². The molecule has 2 heterocycles. The normalized spacial score (nSPS) is 10.8. The zero-order chi connectivity index (χ0) is 16.8. The molecule has 1 amide bonds. The zero-order valence-electron chi connectivity index (χ0n) is 12.7. The first-order valence-electron chi connectivity index (χ1n) is 7.20. The van der Waals surface area contributed by atoms with Crippen LogP contribution in [0.2, 0.25) is 0 Å². The quantitative estimate of drug-likeness (QED) is 0.654. The minimum atomic E-state index is -0.218. The molecular formula is C16H15N3O3S2. The van der Waals surface area contributed by atoms with E-state index in [9.17, 15) is 9.59 Å². The molecule has 3 aromatic rings. The maximum Gasteiger partial charge on any atom is 0.258 e. The number of thiazole rings is 1. The number of fused-ring (bicyclic) bond motifs is 1. The van der Waals surface area contributed by atoms with Gasteiger partial charge in [-0.3, -0.25) is 18.8 Å². The summed E-state index contributed by atoms with van der Waals surface area (Å²) in [5, 5.41) is 1.82. The van der Waals surface area contributed by atoms with E-state index in [4.69, 9.17) is 4.84 Å². The lowest BCUT2D eigenvalue weighted by atomic mass is 10.2. The number of carbonyl (C=O) groups excluding carboxylic acids is 1. The molecule has 0 unspecified atom stereocenters. The lowest BCUT2D eigenvalue weighted by molar-refractivity contribution is -0.131. The molecule has 0 aliphatic carbocycles. The van der Waals surface area contributed by atoms with Crippen molar-refractivity contribution in [2.75, 3.05) is 5.75 Å². The van der Waals surface area contributed by atoms with Crippen molar-refractivity contribution in [2.45, 2.75) is 12.4 Å². The third kappa shape index (κ3) is 4.44. The molecule has 24 heavy (non-hydrogen) atoms. The molecule has 0 bridgehead atoms. The molecule has 0 atom stereocenters. The van der Waals surface area contributed by atoms with Crippen LogP contribution < -0.4 is 11.0 Å². The fraction of sp³-hybridized carbons (Fsp3) is 0.188. The SMILES string of the molecule is O=C(CSCc1cc(=O)n2ccsc2n1)NOCc1ccccc1. The number of rotatable bonds is 7. The molecule has 124 valence electrons. The Bertz CT molecular complexity index is 877. The van der Waals surface area contributed by atoms with E-state index in [0.29, 0.717) is 23.0 Å². The Balaban J connectivity index is 1.42. The zero-order valence-corrected chi connectivity index (χ0v) is 14.3. The smallest absolute Gasteiger partial charge is 0.258 e. The van der Waals surface area contributed by atoms with Gasteiger partial charge in [-0.2, -0.15) is 0 Å². The van der Waals surface area contributed by atoms with E-state index in [-0.39, 0.29) is 17.2 Å². The van der Waals surface area contributed by atoms with Crippen molar-refractivity contribution in [3.05, 3.63) is 69.6 Å². The van der Waals surface area contributed by atoms with Crippen LogP contribution in [0.15, 0.2) is 52.8 Å². The fourth-order valence-corrected chi connectivity index (χ4v) is 3.46. The van der Waals surface area contributed by atoms with Crippen LogP contribution in [-0.4, -0.2) is 21.0 Å². The van der Waals surface area contributed by atoms with E-state index >= 15 is 0 Å². The Kier molecular flexibility index (Phi) is 5.63. The van der Waals surface area contributed by atoms with Crippen LogP contribution in [0.25, 0.3) is 4.96 Å². The lowest BCUT2D eigenvalue weighted by Gasteiger charge is -2.06. The third-order valence-corrected chi connectivity index (χ3v) is 4.83. The molecule has 0 radical (unpaired) electrons.